The molecule has 4 rings (SSSR count). The van der Waals surface area contributed by atoms with Crippen molar-refractivity contribution in [3.05, 3.63) is 0 Å². The van der Waals surface area contributed by atoms with E-state index in [9.17, 15) is 30.0 Å². The average Bonchev–Trinajstić information content (AvgIpc) is 2.88. The van der Waals surface area contributed by atoms with Crippen LogP contribution in [-0.2, 0) is 19.1 Å². The lowest BCUT2D eigenvalue weighted by atomic mass is 9.38. The van der Waals surface area contributed by atoms with Crippen molar-refractivity contribution in [1.29, 1.82) is 0 Å². The number of hydrogen-bond acceptors (Lipinski definition) is 7. The van der Waals surface area contributed by atoms with E-state index < -0.39 is 53.6 Å². The summed E-state index contributed by atoms with van der Waals surface area (Å²) >= 11 is 0. The molecule has 158 valence electrons. The number of ketones is 1. The number of aliphatic hydroxyl groups excluding tert-OH is 3. The predicted octanol–water partition coefficient (Wildman–Crippen LogP) is 0.459. The van der Waals surface area contributed by atoms with Crippen LogP contribution in [0.1, 0.15) is 52.9 Å². The maximum Gasteiger partial charge on any atom is 0.335 e. The monoisotopic (exact) mass is 398 g/mol. The fourth-order valence-electron chi connectivity index (χ4n) is 6.81. The minimum absolute atomic E-state index is 0.102. The zero-order chi connectivity index (χ0) is 20.6. The minimum Gasteiger partial charge on any atom is -0.479 e. The fourth-order valence-corrected chi connectivity index (χ4v) is 6.81. The van der Waals surface area contributed by atoms with Crippen molar-refractivity contribution in [2.75, 3.05) is 0 Å². The molecule has 8 nitrogen and oxygen atoms in total. The molecule has 4 N–H and O–H groups in total. The van der Waals surface area contributed by atoms with E-state index >= 15 is 0 Å². The molecule has 4 aliphatic rings. The second-order valence-electron chi connectivity index (χ2n) is 9.97. The van der Waals surface area contributed by atoms with E-state index in [1.807, 2.05) is 0 Å². The summed E-state index contributed by atoms with van der Waals surface area (Å²) in [4.78, 5) is 24.3. The number of carbonyl (C=O) groups excluding carboxylic acids is 1. The molecule has 9 atom stereocenters. The third-order valence-corrected chi connectivity index (χ3v) is 8.20. The standard InChI is InChI=1S/C20H30O8/c1-18(2)8-20-9(18)6-7-19(20,3)11(5-4-10(20)21)27-17-14(24)12(22)13(23)15(28-17)16(25)26/h9,11-15,17,22-24H,4-8H2,1-3H3,(H,25,26). The van der Waals surface area contributed by atoms with E-state index in [4.69, 9.17) is 9.47 Å². The first-order valence-electron chi connectivity index (χ1n) is 10.1. The zero-order valence-electron chi connectivity index (χ0n) is 16.5. The molecule has 0 aromatic heterocycles. The van der Waals surface area contributed by atoms with Crippen molar-refractivity contribution in [3.63, 3.8) is 0 Å². The number of carbonyl (C=O) groups is 2. The first-order valence-corrected chi connectivity index (χ1v) is 10.1. The van der Waals surface area contributed by atoms with Crippen LogP contribution in [-0.4, -0.2) is 69.0 Å². The first kappa shape index (κ1) is 20.2. The first-order chi connectivity index (χ1) is 13.0. The van der Waals surface area contributed by atoms with Gasteiger partial charge in [-0.1, -0.05) is 20.8 Å². The summed E-state index contributed by atoms with van der Waals surface area (Å²) in [6, 6.07) is 0. The van der Waals surface area contributed by atoms with Crippen LogP contribution >= 0.6 is 0 Å². The molecule has 0 bridgehead atoms. The SMILES string of the molecule is CC1(C)CC23C(=O)CCC(OC4OC(C(=O)O)C(O)C(O)C4O)C2(C)CCC13. The molecule has 9 unspecified atom stereocenters. The molecular weight excluding hydrogens is 368 g/mol. The average molecular weight is 398 g/mol. The third kappa shape index (κ3) is 2.41. The summed E-state index contributed by atoms with van der Waals surface area (Å²) in [6.45, 7) is 6.43. The van der Waals surface area contributed by atoms with Gasteiger partial charge < -0.3 is 29.9 Å². The lowest BCUT2D eigenvalue weighted by molar-refractivity contribution is -0.322. The molecule has 3 saturated carbocycles. The topological polar surface area (TPSA) is 134 Å². The highest BCUT2D eigenvalue weighted by Gasteiger charge is 2.75. The van der Waals surface area contributed by atoms with Crippen molar-refractivity contribution >= 4 is 11.8 Å². The van der Waals surface area contributed by atoms with E-state index in [0.29, 0.717) is 18.8 Å². The molecule has 3 aliphatic carbocycles. The Hall–Kier alpha value is -1.06. The van der Waals surface area contributed by atoms with Gasteiger partial charge in [-0.25, -0.2) is 4.79 Å². The van der Waals surface area contributed by atoms with Gasteiger partial charge in [0.2, 0.25) is 0 Å². The van der Waals surface area contributed by atoms with E-state index in [-0.39, 0.29) is 11.2 Å². The van der Waals surface area contributed by atoms with Crippen LogP contribution in [0.15, 0.2) is 0 Å². The van der Waals surface area contributed by atoms with Crippen molar-refractivity contribution in [1.82, 2.24) is 0 Å². The maximum atomic E-state index is 13.0. The highest BCUT2D eigenvalue weighted by atomic mass is 16.7. The number of ether oxygens (including phenoxy) is 2. The quantitative estimate of drug-likeness (QED) is 0.539. The molecule has 1 aliphatic heterocycles. The molecule has 0 aromatic carbocycles. The molecule has 1 saturated heterocycles. The lowest BCUT2D eigenvalue weighted by Crippen LogP contribution is -2.67. The third-order valence-electron chi connectivity index (χ3n) is 8.20. The number of aliphatic hydroxyl groups is 3. The van der Waals surface area contributed by atoms with Gasteiger partial charge in [-0.2, -0.15) is 0 Å². The normalized spacial score (nSPS) is 52.5. The molecule has 8 heteroatoms. The van der Waals surface area contributed by atoms with Crippen LogP contribution < -0.4 is 0 Å². The Morgan fingerprint density at radius 2 is 1.79 bits per heavy atom. The Bertz CT molecular complexity index is 692. The number of carboxylic acids is 1. The summed E-state index contributed by atoms with van der Waals surface area (Å²) in [7, 11) is 0. The van der Waals surface area contributed by atoms with Crippen LogP contribution in [0, 0.1) is 22.2 Å². The largest absolute Gasteiger partial charge is 0.479 e. The number of carboxylic acid groups (broad SMARTS) is 1. The van der Waals surface area contributed by atoms with E-state index in [1.54, 1.807) is 0 Å². The summed E-state index contributed by atoms with van der Waals surface area (Å²) in [6.07, 6.45) is -5.08. The van der Waals surface area contributed by atoms with Crippen LogP contribution in [0.3, 0.4) is 0 Å². The fraction of sp³-hybridized carbons (Fsp3) is 0.900. The Morgan fingerprint density at radius 3 is 2.39 bits per heavy atom. The molecule has 4 fully saturated rings. The Morgan fingerprint density at radius 1 is 1.11 bits per heavy atom. The van der Waals surface area contributed by atoms with Gasteiger partial charge in [-0.3, -0.25) is 4.79 Å². The van der Waals surface area contributed by atoms with Crippen LogP contribution in [0.5, 0.6) is 0 Å². The highest BCUT2D eigenvalue weighted by Crippen LogP contribution is 2.76. The number of Topliss-reactive ketones (excluding diaryl/α,β-unsaturated/α-hetero) is 1. The molecule has 0 amide bonds. The smallest absolute Gasteiger partial charge is 0.335 e. The summed E-state index contributed by atoms with van der Waals surface area (Å²) < 4.78 is 11.4. The highest BCUT2D eigenvalue weighted by molar-refractivity contribution is 5.89. The second-order valence-corrected chi connectivity index (χ2v) is 9.97. The van der Waals surface area contributed by atoms with Gasteiger partial charge in [0.1, 0.15) is 24.1 Å². The summed E-state index contributed by atoms with van der Waals surface area (Å²) in [5.41, 5.74) is -0.764. The van der Waals surface area contributed by atoms with Crippen molar-refractivity contribution in [3.8, 4) is 0 Å². The summed E-state index contributed by atoms with van der Waals surface area (Å²) in [5.74, 6) is -0.865. The molecule has 1 spiro atoms. The lowest BCUT2D eigenvalue weighted by Gasteiger charge is -2.65. The number of rotatable bonds is 3. The second kappa shape index (κ2) is 6.22. The Kier molecular flexibility index (Phi) is 4.49. The zero-order valence-corrected chi connectivity index (χ0v) is 16.5. The van der Waals surface area contributed by atoms with Gasteiger partial charge in [0, 0.05) is 17.3 Å². The predicted molar refractivity (Wildman–Crippen MR) is 95.1 cm³/mol. The maximum absolute atomic E-state index is 13.0. The van der Waals surface area contributed by atoms with E-state index in [1.165, 1.54) is 0 Å². The Balaban J connectivity index is 1.59. The van der Waals surface area contributed by atoms with Gasteiger partial charge in [-0.05, 0) is 37.0 Å². The number of aliphatic carboxylic acids is 1. The van der Waals surface area contributed by atoms with Crippen LogP contribution in [0.25, 0.3) is 0 Å². The van der Waals surface area contributed by atoms with Crippen molar-refractivity contribution in [2.45, 2.75) is 89.7 Å². The molecule has 0 radical (unpaired) electrons. The van der Waals surface area contributed by atoms with E-state index in [0.717, 1.165) is 19.3 Å². The van der Waals surface area contributed by atoms with Crippen LogP contribution in [0.2, 0.25) is 0 Å². The molecule has 28 heavy (non-hydrogen) atoms. The summed E-state index contributed by atoms with van der Waals surface area (Å²) in [5, 5.41) is 39.5. The van der Waals surface area contributed by atoms with Crippen molar-refractivity contribution in [2.24, 2.45) is 22.2 Å². The molecular formula is C20H30O8. The minimum atomic E-state index is -1.74. The van der Waals surface area contributed by atoms with Gasteiger partial charge in [0.25, 0.3) is 0 Å². The van der Waals surface area contributed by atoms with Gasteiger partial charge in [-0.15, -0.1) is 0 Å². The van der Waals surface area contributed by atoms with Gasteiger partial charge >= 0.3 is 5.97 Å². The van der Waals surface area contributed by atoms with Gasteiger partial charge in [0.05, 0.1) is 6.10 Å². The Labute approximate surface area is 163 Å². The molecule has 1 heterocycles. The van der Waals surface area contributed by atoms with Crippen LogP contribution in [0.4, 0.5) is 0 Å². The van der Waals surface area contributed by atoms with Gasteiger partial charge in [0.15, 0.2) is 12.4 Å². The molecule has 0 aromatic rings. The van der Waals surface area contributed by atoms with E-state index in [2.05, 4.69) is 20.8 Å². The number of hydrogen-bond donors (Lipinski definition) is 4. The van der Waals surface area contributed by atoms with Crippen molar-refractivity contribution < 1.29 is 39.5 Å².